The molecule has 0 radical (unpaired) electrons. The molecule has 0 N–H and O–H groups in total. The average Bonchev–Trinajstić information content (AvgIpc) is 2.35. The first-order valence-electron chi connectivity index (χ1n) is 5.16. The summed E-state index contributed by atoms with van der Waals surface area (Å²) in [6.07, 6.45) is 3.70. The standard InChI is InChI=1S/C13H14ClNS/c1-3-4-11(9-15)13(14)10-5-7-12(16-2)8-6-10/h5-8H,3-4H2,1-2H3. The van der Waals surface area contributed by atoms with Gasteiger partial charge in [0.25, 0.3) is 0 Å². The van der Waals surface area contributed by atoms with Crippen LogP contribution in [0.2, 0.25) is 0 Å². The van der Waals surface area contributed by atoms with Gasteiger partial charge < -0.3 is 0 Å². The molecule has 1 rings (SSSR count). The summed E-state index contributed by atoms with van der Waals surface area (Å²) in [5.41, 5.74) is 1.59. The summed E-state index contributed by atoms with van der Waals surface area (Å²) < 4.78 is 0. The predicted octanol–water partition coefficient (Wildman–Crippen LogP) is 4.68. The number of benzene rings is 1. The average molecular weight is 252 g/mol. The normalized spacial score (nSPS) is 11.9. The molecular formula is C13H14ClNS. The third-order valence-corrected chi connectivity index (χ3v) is 3.43. The van der Waals surface area contributed by atoms with Crippen molar-refractivity contribution in [3.8, 4) is 6.07 Å². The number of nitrogens with zero attached hydrogens (tertiary/aromatic N) is 1. The maximum absolute atomic E-state index is 8.99. The summed E-state index contributed by atoms with van der Waals surface area (Å²) >= 11 is 7.89. The monoisotopic (exact) mass is 251 g/mol. The van der Waals surface area contributed by atoms with Gasteiger partial charge in [-0.3, -0.25) is 0 Å². The van der Waals surface area contributed by atoms with Gasteiger partial charge in [0.2, 0.25) is 0 Å². The second-order valence-electron chi connectivity index (χ2n) is 3.38. The molecule has 0 aliphatic rings. The molecule has 0 bridgehead atoms. The van der Waals surface area contributed by atoms with Gasteiger partial charge in [0, 0.05) is 10.5 Å². The fourth-order valence-corrected chi connectivity index (χ4v) is 2.05. The highest BCUT2D eigenvalue weighted by molar-refractivity contribution is 7.98. The van der Waals surface area contributed by atoms with Crippen LogP contribution in [-0.4, -0.2) is 6.26 Å². The molecule has 0 aliphatic heterocycles. The molecule has 0 aromatic heterocycles. The van der Waals surface area contributed by atoms with E-state index in [2.05, 4.69) is 6.07 Å². The van der Waals surface area contributed by atoms with Crippen molar-refractivity contribution in [2.75, 3.05) is 6.26 Å². The van der Waals surface area contributed by atoms with Crippen LogP contribution in [0.1, 0.15) is 25.3 Å². The quantitative estimate of drug-likeness (QED) is 0.573. The lowest BCUT2D eigenvalue weighted by Gasteiger charge is -2.04. The van der Waals surface area contributed by atoms with Crippen LogP contribution >= 0.6 is 23.4 Å². The van der Waals surface area contributed by atoms with Crippen molar-refractivity contribution < 1.29 is 0 Å². The van der Waals surface area contributed by atoms with Crippen molar-refractivity contribution in [1.29, 1.82) is 5.26 Å². The van der Waals surface area contributed by atoms with E-state index in [1.165, 1.54) is 4.90 Å². The van der Waals surface area contributed by atoms with Gasteiger partial charge in [-0.15, -0.1) is 11.8 Å². The summed E-state index contributed by atoms with van der Waals surface area (Å²) in [7, 11) is 0. The SMILES string of the molecule is CCCC(C#N)=C(Cl)c1ccc(SC)cc1. The lowest BCUT2D eigenvalue weighted by atomic mass is 10.1. The summed E-state index contributed by atoms with van der Waals surface area (Å²) in [6, 6.07) is 10.1. The largest absolute Gasteiger partial charge is 0.193 e. The summed E-state index contributed by atoms with van der Waals surface area (Å²) in [5.74, 6) is 0. The molecule has 0 saturated heterocycles. The zero-order valence-electron chi connectivity index (χ0n) is 9.46. The molecule has 1 aromatic rings. The van der Waals surface area contributed by atoms with E-state index in [-0.39, 0.29) is 0 Å². The Hall–Kier alpha value is -0.910. The van der Waals surface area contributed by atoms with E-state index in [4.69, 9.17) is 16.9 Å². The highest BCUT2D eigenvalue weighted by atomic mass is 35.5. The van der Waals surface area contributed by atoms with E-state index >= 15 is 0 Å². The molecule has 0 amide bonds. The minimum absolute atomic E-state index is 0.581. The van der Waals surface area contributed by atoms with Gasteiger partial charge in [0.15, 0.2) is 0 Å². The smallest absolute Gasteiger partial charge is 0.0962 e. The van der Waals surface area contributed by atoms with Gasteiger partial charge in [-0.2, -0.15) is 5.26 Å². The minimum atomic E-state index is 0.581. The molecule has 0 unspecified atom stereocenters. The number of nitriles is 1. The second-order valence-corrected chi connectivity index (χ2v) is 4.64. The molecule has 0 fully saturated rings. The molecule has 3 heteroatoms. The van der Waals surface area contributed by atoms with Crippen LogP contribution in [0, 0.1) is 11.3 Å². The molecular weight excluding hydrogens is 238 g/mol. The van der Waals surface area contributed by atoms with Gasteiger partial charge >= 0.3 is 0 Å². The Kier molecular flexibility index (Phi) is 5.45. The van der Waals surface area contributed by atoms with E-state index in [0.29, 0.717) is 10.6 Å². The summed E-state index contributed by atoms with van der Waals surface area (Å²) in [5, 5.41) is 9.57. The number of thioether (sulfide) groups is 1. The predicted molar refractivity (Wildman–Crippen MR) is 71.5 cm³/mol. The van der Waals surface area contributed by atoms with Crippen molar-refractivity contribution in [3.63, 3.8) is 0 Å². The molecule has 0 heterocycles. The Morgan fingerprint density at radius 1 is 1.38 bits per heavy atom. The molecule has 84 valence electrons. The fraction of sp³-hybridized carbons (Fsp3) is 0.308. The maximum atomic E-state index is 8.99. The van der Waals surface area contributed by atoms with Crippen LogP contribution in [0.15, 0.2) is 34.7 Å². The van der Waals surface area contributed by atoms with E-state index < -0.39 is 0 Å². The molecule has 0 atom stereocenters. The number of halogens is 1. The van der Waals surface area contributed by atoms with Gasteiger partial charge in [0.05, 0.1) is 11.1 Å². The first-order chi connectivity index (χ1) is 7.72. The van der Waals surface area contributed by atoms with Crippen molar-refractivity contribution in [1.82, 2.24) is 0 Å². The first-order valence-corrected chi connectivity index (χ1v) is 6.76. The molecule has 0 saturated carbocycles. The van der Waals surface area contributed by atoms with Crippen molar-refractivity contribution >= 4 is 28.4 Å². The first kappa shape index (κ1) is 13.2. The third-order valence-electron chi connectivity index (χ3n) is 2.24. The highest BCUT2D eigenvalue weighted by Crippen LogP contribution is 2.27. The Balaban J connectivity index is 3.03. The van der Waals surface area contributed by atoms with E-state index in [0.717, 1.165) is 18.4 Å². The zero-order chi connectivity index (χ0) is 12.0. The van der Waals surface area contributed by atoms with Crippen LogP contribution < -0.4 is 0 Å². The second kappa shape index (κ2) is 6.62. The Morgan fingerprint density at radius 2 is 2.00 bits per heavy atom. The van der Waals surface area contributed by atoms with E-state index in [1.54, 1.807) is 11.8 Å². The summed E-state index contributed by atoms with van der Waals surface area (Å²) in [6.45, 7) is 2.04. The Morgan fingerprint density at radius 3 is 2.44 bits per heavy atom. The van der Waals surface area contributed by atoms with Crippen LogP contribution in [-0.2, 0) is 0 Å². The lowest BCUT2D eigenvalue weighted by Crippen LogP contribution is -1.85. The minimum Gasteiger partial charge on any atom is -0.193 e. The number of hydrogen-bond acceptors (Lipinski definition) is 2. The topological polar surface area (TPSA) is 23.8 Å². The van der Waals surface area contributed by atoms with Crippen LogP contribution in [0.3, 0.4) is 0 Å². The molecule has 16 heavy (non-hydrogen) atoms. The molecule has 0 aliphatic carbocycles. The number of hydrogen-bond donors (Lipinski definition) is 0. The maximum Gasteiger partial charge on any atom is 0.0962 e. The molecule has 0 spiro atoms. The summed E-state index contributed by atoms with van der Waals surface area (Å²) in [4.78, 5) is 1.20. The molecule has 1 nitrogen and oxygen atoms in total. The Bertz CT molecular complexity index is 415. The van der Waals surface area contributed by atoms with Crippen molar-refractivity contribution in [3.05, 3.63) is 35.4 Å². The van der Waals surface area contributed by atoms with E-state index in [1.807, 2.05) is 37.4 Å². The number of rotatable bonds is 4. The van der Waals surface area contributed by atoms with Crippen LogP contribution in [0.5, 0.6) is 0 Å². The number of allylic oxidation sites excluding steroid dienone is 1. The fourth-order valence-electron chi connectivity index (χ4n) is 1.38. The van der Waals surface area contributed by atoms with E-state index in [9.17, 15) is 0 Å². The van der Waals surface area contributed by atoms with Crippen LogP contribution in [0.25, 0.3) is 5.03 Å². The van der Waals surface area contributed by atoms with Gasteiger partial charge in [-0.1, -0.05) is 37.1 Å². The highest BCUT2D eigenvalue weighted by Gasteiger charge is 2.05. The van der Waals surface area contributed by atoms with Crippen molar-refractivity contribution in [2.24, 2.45) is 0 Å². The molecule has 1 aromatic carbocycles. The lowest BCUT2D eigenvalue weighted by molar-refractivity contribution is 0.933. The Labute approximate surface area is 106 Å². The van der Waals surface area contributed by atoms with Crippen molar-refractivity contribution in [2.45, 2.75) is 24.7 Å². The zero-order valence-corrected chi connectivity index (χ0v) is 11.0. The van der Waals surface area contributed by atoms with Gasteiger partial charge in [-0.05, 0) is 30.4 Å². The van der Waals surface area contributed by atoms with Crippen LogP contribution in [0.4, 0.5) is 0 Å². The third kappa shape index (κ3) is 3.30. The van der Waals surface area contributed by atoms with Gasteiger partial charge in [-0.25, -0.2) is 0 Å². The van der Waals surface area contributed by atoms with Gasteiger partial charge in [0.1, 0.15) is 0 Å².